The van der Waals surface area contributed by atoms with Gasteiger partial charge in [0.2, 0.25) is 0 Å². The molecule has 0 amide bonds. The van der Waals surface area contributed by atoms with E-state index in [4.69, 9.17) is 14.7 Å². The zero-order valence-electron chi connectivity index (χ0n) is 11.0. The fraction of sp³-hybridized carbons (Fsp3) is 0.692. The molecule has 0 saturated heterocycles. The molecule has 0 heterocycles. The summed E-state index contributed by atoms with van der Waals surface area (Å²) in [5, 5.41) is 8.94. The van der Waals surface area contributed by atoms with Crippen LogP contribution in [0.15, 0.2) is 11.8 Å². The number of nitrogens with zero attached hydrogens (tertiary/aromatic N) is 1. The third kappa shape index (κ3) is 2.79. The molecule has 0 aromatic carbocycles. The molecular formula is C13H19NO3. The van der Waals surface area contributed by atoms with Crippen molar-refractivity contribution in [1.29, 1.82) is 5.26 Å². The minimum atomic E-state index is -0.224. The first-order chi connectivity index (χ1) is 7.84. The lowest BCUT2D eigenvalue weighted by Crippen LogP contribution is -2.07. The zero-order chi connectivity index (χ0) is 13.2. The Balaban J connectivity index is 2.79. The molecule has 0 radical (unpaired) electrons. The predicted molar refractivity (Wildman–Crippen MR) is 62.7 cm³/mol. The molecule has 0 bridgehead atoms. The molecule has 4 nitrogen and oxygen atoms in total. The van der Waals surface area contributed by atoms with E-state index < -0.39 is 0 Å². The Morgan fingerprint density at radius 3 is 2.47 bits per heavy atom. The van der Waals surface area contributed by atoms with Crippen LogP contribution in [-0.2, 0) is 14.3 Å². The van der Waals surface area contributed by atoms with Gasteiger partial charge in [0, 0.05) is 5.92 Å². The van der Waals surface area contributed by atoms with Crippen molar-refractivity contribution in [3.05, 3.63) is 11.8 Å². The van der Waals surface area contributed by atoms with Gasteiger partial charge in [-0.2, -0.15) is 5.26 Å². The first-order valence-electron chi connectivity index (χ1n) is 5.71. The molecule has 1 fully saturated rings. The van der Waals surface area contributed by atoms with E-state index >= 15 is 0 Å². The van der Waals surface area contributed by atoms with Gasteiger partial charge in [-0.3, -0.25) is 4.79 Å². The molecule has 94 valence electrons. The maximum absolute atomic E-state index is 11.5. The first kappa shape index (κ1) is 13.6. The lowest BCUT2D eigenvalue weighted by atomic mass is 10.1. The molecule has 1 saturated carbocycles. The third-order valence-corrected chi connectivity index (χ3v) is 3.17. The molecule has 0 spiro atoms. The number of hydrogen-bond donors (Lipinski definition) is 0. The maximum Gasteiger partial charge on any atom is 0.309 e. The SMILES string of the molecule is COC(=O)[C@@H]1[C@@H](C=C(C#N)OC(C)C)C1(C)C. The van der Waals surface area contributed by atoms with Crippen molar-refractivity contribution in [2.24, 2.45) is 17.3 Å². The van der Waals surface area contributed by atoms with Gasteiger partial charge in [0.15, 0.2) is 5.76 Å². The average Bonchev–Trinajstić information content (AvgIpc) is 2.77. The van der Waals surface area contributed by atoms with E-state index in [0.29, 0.717) is 0 Å². The molecule has 4 heteroatoms. The summed E-state index contributed by atoms with van der Waals surface area (Å²) in [6, 6.07) is 2.01. The molecule has 0 aromatic rings. The number of ether oxygens (including phenoxy) is 2. The van der Waals surface area contributed by atoms with Crippen molar-refractivity contribution in [2.45, 2.75) is 33.8 Å². The molecule has 0 N–H and O–H groups in total. The van der Waals surface area contributed by atoms with Crippen LogP contribution in [0.2, 0.25) is 0 Å². The first-order valence-corrected chi connectivity index (χ1v) is 5.71. The van der Waals surface area contributed by atoms with E-state index in [2.05, 4.69) is 0 Å². The van der Waals surface area contributed by atoms with Gasteiger partial charge < -0.3 is 9.47 Å². The maximum atomic E-state index is 11.5. The number of esters is 1. The van der Waals surface area contributed by atoms with Crippen LogP contribution in [0.5, 0.6) is 0 Å². The smallest absolute Gasteiger partial charge is 0.309 e. The Labute approximate surface area is 102 Å². The van der Waals surface area contributed by atoms with Gasteiger partial charge in [0.05, 0.1) is 19.1 Å². The Hall–Kier alpha value is -1.50. The lowest BCUT2D eigenvalue weighted by Gasteiger charge is -2.07. The van der Waals surface area contributed by atoms with Crippen LogP contribution in [0.25, 0.3) is 0 Å². The monoisotopic (exact) mass is 237 g/mol. The molecule has 1 aliphatic rings. The molecule has 17 heavy (non-hydrogen) atoms. The van der Waals surface area contributed by atoms with Gasteiger partial charge in [-0.1, -0.05) is 13.8 Å². The second kappa shape index (κ2) is 4.79. The van der Waals surface area contributed by atoms with Crippen molar-refractivity contribution in [3.63, 3.8) is 0 Å². The van der Waals surface area contributed by atoms with Crippen molar-refractivity contribution in [2.75, 3.05) is 7.11 Å². The average molecular weight is 237 g/mol. The van der Waals surface area contributed by atoms with Crippen LogP contribution in [0.1, 0.15) is 27.7 Å². The lowest BCUT2D eigenvalue weighted by molar-refractivity contribution is -0.143. The largest absolute Gasteiger partial charge is 0.481 e. The van der Waals surface area contributed by atoms with Crippen LogP contribution in [0, 0.1) is 28.6 Å². The Morgan fingerprint density at radius 2 is 2.06 bits per heavy atom. The van der Waals surface area contributed by atoms with Gasteiger partial charge in [-0.25, -0.2) is 0 Å². The molecule has 0 aliphatic heterocycles. The minimum absolute atomic E-state index is 0.0170. The van der Waals surface area contributed by atoms with Crippen LogP contribution in [0.4, 0.5) is 0 Å². The Bertz CT molecular complexity index is 377. The van der Waals surface area contributed by atoms with Crippen LogP contribution in [-0.4, -0.2) is 19.2 Å². The second-order valence-corrected chi connectivity index (χ2v) is 5.16. The highest BCUT2D eigenvalue weighted by Gasteiger charge is 2.61. The third-order valence-electron chi connectivity index (χ3n) is 3.17. The number of methoxy groups -OCH3 is 1. The summed E-state index contributed by atoms with van der Waals surface area (Å²) in [6.07, 6.45) is 1.70. The normalized spacial score (nSPS) is 26.3. The fourth-order valence-corrected chi connectivity index (χ4v) is 2.09. The number of nitriles is 1. The summed E-state index contributed by atoms with van der Waals surface area (Å²) in [7, 11) is 1.38. The van der Waals surface area contributed by atoms with Gasteiger partial charge in [0.25, 0.3) is 0 Å². The second-order valence-electron chi connectivity index (χ2n) is 5.16. The summed E-state index contributed by atoms with van der Waals surface area (Å²) in [5.41, 5.74) is -0.157. The van der Waals surface area contributed by atoms with Gasteiger partial charge in [0.1, 0.15) is 6.07 Å². The van der Waals surface area contributed by atoms with Crippen molar-refractivity contribution >= 4 is 5.97 Å². The summed E-state index contributed by atoms with van der Waals surface area (Å²) in [4.78, 5) is 11.5. The van der Waals surface area contributed by atoms with E-state index in [1.807, 2.05) is 33.8 Å². The highest BCUT2D eigenvalue weighted by Crippen LogP contribution is 2.59. The summed E-state index contributed by atoms with van der Waals surface area (Å²) in [5.74, 6) is -0.0995. The standard InChI is InChI=1S/C13H19NO3/c1-8(2)17-9(7-14)6-10-11(12(15)16-5)13(10,3)4/h6,8,10-11H,1-5H3/t10-,11+/m1/s1. The topological polar surface area (TPSA) is 59.3 Å². The summed E-state index contributed by atoms with van der Waals surface area (Å²) >= 11 is 0. The number of carbonyl (C=O) groups excluding carboxylic acids is 1. The minimum Gasteiger partial charge on any atom is -0.481 e. The number of allylic oxidation sites excluding steroid dienone is 2. The molecule has 2 atom stereocenters. The highest BCUT2D eigenvalue weighted by atomic mass is 16.5. The summed E-state index contributed by atoms with van der Waals surface area (Å²) < 4.78 is 10.1. The molecule has 0 unspecified atom stereocenters. The van der Waals surface area contributed by atoms with Gasteiger partial charge >= 0.3 is 5.97 Å². The molecular weight excluding hydrogens is 218 g/mol. The van der Waals surface area contributed by atoms with E-state index in [1.165, 1.54) is 7.11 Å². The fourth-order valence-electron chi connectivity index (χ4n) is 2.09. The van der Waals surface area contributed by atoms with E-state index in [9.17, 15) is 4.79 Å². The quantitative estimate of drug-likeness (QED) is 0.427. The number of rotatable bonds is 4. The van der Waals surface area contributed by atoms with E-state index in [1.54, 1.807) is 6.08 Å². The summed E-state index contributed by atoms with van der Waals surface area (Å²) in [6.45, 7) is 7.70. The predicted octanol–water partition coefficient (Wildman–Crippen LogP) is 2.26. The van der Waals surface area contributed by atoms with Crippen molar-refractivity contribution in [1.82, 2.24) is 0 Å². The Morgan fingerprint density at radius 1 is 1.47 bits per heavy atom. The number of carbonyl (C=O) groups is 1. The van der Waals surface area contributed by atoms with E-state index in [0.717, 1.165) is 0 Å². The van der Waals surface area contributed by atoms with Gasteiger partial charge in [-0.05, 0) is 25.3 Å². The van der Waals surface area contributed by atoms with Crippen LogP contribution >= 0.6 is 0 Å². The van der Waals surface area contributed by atoms with Crippen LogP contribution < -0.4 is 0 Å². The van der Waals surface area contributed by atoms with Crippen LogP contribution in [0.3, 0.4) is 0 Å². The molecule has 1 rings (SSSR count). The highest BCUT2D eigenvalue weighted by molar-refractivity contribution is 5.78. The zero-order valence-corrected chi connectivity index (χ0v) is 11.0. The van der Waals surface area contributed by atoms with Crippen molar-refractivity contribution in [3.8, 4) is 6.07 Å². The molecule has 1 aliphatic carbocycles. The number of hydrogen-bond acceptors (Lipinski definition) is 4. The van der Waals surface area contributed by atoms with E-state index in [-0.39, 0.29) is 35.1 Å². The van der Waals surface area contributed by atoms with Crippen molar-refractivity contribution < 1.29 is 14.3 Å². The molecule has 0 aromatic heterocycles. The van der Waals surface area contributed by atoms with Gasteiger partial charge in [-0.15, -0.1) is 0 Å². The Kier molecular flexibility index (Phi) is 3.82.